The highest BCUT2D eigenvalue weighted by atomic mass is 32.2. The molecule has 5 rings (SSSR count). The second-order valence-electron chi connectivity index (χ2n) is 7.99. The number of fused-ring (bicyclic) bond motifs is 2. The van der Waals surface area contributed by atoms with Crippen molar-refractivity contribution < 1.29 is 4.74 Å². The van der Waals surface area contributed by atoms with Gasteiger partial charge in [0.15, 0.2) is 0 Å². The smallest absolute Gasteiger partial charge is 0.237 e. The van der Waals surface area contributed by atoms with Gasteiger partial charge in [-0.1, -0.05) is 12.1 Å². The quantitative estimate of drug-likeness (QED) is 0.602. The minimum Gasteiger partial charge on any atom is -0.474 e. The zero-order chi connectivity index (χ0) is 21.2. The number of aromatic nitrogens is 2. The van der Waals surface area contributed by atoms with Crippen LogP contribution in [0.4, 0.5) is 22.9 Å². The molecule has 0 saturated carbocycles. The standard InChI is InChI=1S/C24H27N5OS/c1-16-21(13-27-24-23(16)25-8-10-30-24)29-9-7-18-12-26-22(11-19(18)14-29)28-20-5-3-17(4-6-20)15-31-2/h3-6,11-13,25H,7-10,14-15H2,1-2H3,(H,26,28). The molecule has 0 bridgehead atoms. The SMILES string of the molecule is CSCc1ccc(Nc2cc3c(cn2)CCN(c2cnc4c(c2C)NCCO4)C3)cc1. The topological polar surface area (TPSA) is 62.3 Å². The molecule has 1 aromatic carbocycles. The highest BCUT2D eigenvalue weighted by Gasteiger charge is 2.23. The van der Waals surface area contributed by atoms with Crippen LogP contribution in [-0.2, 0) is 18.7 Å². The number of ether oxygens (including phenoxy) is 1. The van der Waals surface area contributed by atoms with E-state index in [9.17, 15) is 0 Å². The maximum absolute atomic E-state index is 5.69. The second-order valence-corrected chi connectivity index (χ2v) is 8.85. The summed E-state index contributed by atoms with van der Waals surface area (Å²) < 4.78 is 5.69. The Morgan fingerprint density at radius 1 is 1.16 bits per heavy atom. The first-order valence-electron chi connectivity index (χ1n) is 10.6. The van der Waals surface area contributed by atoms with Crippen molar-refractivity contribution in [3.63, 3.8) is 0 Å². The van der Waals surface area contributed by atoms with Gasteiger partial charge >= 0.3 is 0 Å². The van der Waals surface area contributed by atoms with E-state index in [1.54, 1.807) is 0 Å². The Labute approximate surface area is 187 Å². The maximum Gasteiger partial charge on any atom is 0.237 e. The lowest BCUT2D eigenvalue weighted by molar-refractivity contribution is 0.310. The molecule has 2 aliphatic heterocycles. The lowest BCUT2D eigenvalue weighted by Gasteiger charge is -2.33. The fraction of sp³-hybridized carbons (Fsp3) is 0.333. The van der Waals surface area contributed by atoms with Gasteiger partial charge in [-0.3, -0.25) is 0 Å². The monoisotopic (exact) mass is 433 g/mol. The molecule has 0 aliphatic carbocycles. The van der Waals surface area contributed by atoms with Crippen molar-refractivity contribution in [3.05, 3.63) is 65.0 Å². The van der Waals surface area contributed by atoms with E-state index < -0.39 is 0 Å². The summed E-state index contributed by atoms with van der Waals surface area (Å²) in [7, 11) is 0. The van der Waals surface area contributed by atoms with Gasteiger partial charge in [0.05, 0.1) is 11.9 Å². The highest BCUT2D eigenvalue weighted by Crippen LogP contribution is 2.36. The van der Waals surface area contributed by atoms with Crippen molar-refractivity contribution in [1.29, 1.82) is 0 Å². The Morgan fingerprint density at radius 3 is 2.87 bits per heavy atom. The van der Waals surface area contributed by atoms with E-state index in [0.717, 1.165) is 54.7 Å². The number of rotatable bonds is 5. The zero-order valence-corrected chi connectivity index (χ0v) is 18.8. The summed E-state index contributed by atoms with van der Waals surface area (Å²) in [5.41, 5.74) is 8.42. The predicted octanol–water partition coefficient (Wildman–Crippen LogP) is 4.76. The third-order valence-corrected chi connectivity index (χ3v) is 6.51. The lowest BCUT2D eigenvalue weighted by atomic mass is 10.0. The van der Waals surface area contributed by atoms with Gasteiger partial charge in [0.2, 0.25) is 5.88 Å². The van der Waals surface area contributed by atoms with Crippen LogP contribution in [0.5, 0.6) is 5.88 Å². The normalized spacial score (nSPS) is 14.8. The fourth-order valence-corrected chi connectivity index (χ4v) is 4.77. The summed E-state index contributed by atoms with van der Waals surface area (Å²) in [6, 6.07) is 10.8. The molecular formula is C24H27N5OS. The maximum atomic E-state index is 5.69. The van der Waals surface area contributed by atoms with Gasteiger partial charge in [-0.2, -0.15) is 11.8 Å². The van der Waals surface area contributed by atoms with E-state index in [1.807, 2.05) is 24.2 Å². The van der Waals surface area contributed by atoms with Crippen molar-refractivity contribution in [2.45, 2.75) is 25.6 Å². The van der Waals surface area contributed by atoms with Crippen LogP contribution in [0.2, 0.25) is 0 Å². The van der Waals surface area contributed by atoms with Crippen molar-refractivity contribution in [2.75, 3.05) is 41.5 Å². The number of thioether (sulfide) groups is 1. The molecule has 4 heterocycles. The zero-order valence-electron chi connectivity index (χ0n) is 17.9. The van der Waals surface area contributed by atoms with Crippen LogP contribution in [0.25, 0.3) is 0 Å². The van der Waals surface area contributed by atoms with Crippen LogP contribution in [0.15, 0.2) is 42.7 Å². The van der Waals surface area contributed by atoms with Crippen LogP contribution in [0, 0.1) is 6.92 Å². The molecular weight excluding hydrogens is 406 g/mol. The number of nitrogens with zero attached hydrogens (tertiary/aromatic N) is 3. The van der Waals surface area contributed by atoms with E-state index in [2.05, 4.69) is 69.0 Å². The predicted molar refractivity (Wildman–Crippen MR) is 129 cm³/mol. The van der Waals surface area contributed by atoms with Crippen LogP contribution < -0.4 is 20.3 Å². The minimum absolute atomic E-state index is 0.666. The third kappa shape index (κ3) is 4.14. The Bertz CT molecular complexity index is 1090. The Balaban J connectivity index is 1.35. The Kier molecular flexibility index (Phi) is 5.59. The molecule has 3 aromatic rings. The number of hydrogen-bond acceptors (Lipinski definition) is 7. The minimum atomic E-state index is 0.666. The van der Waals surface area contributed by atoms with Crippen LogP contribution >= 0.6 is 11.8 Å². The van der Waals surface area contributed by atoms with Crippen LogP contribution in [0.3, 0.4) is 0 Å². The summed E-state index contributed by atoms with van der Waals surface area (Å²) in [6.07, 6.45) is 7.07. The number of benzene rings is 1. The van der Waals surface area contributed by atoms with Gasteiger partial charge in [-0.25, -0.2) is 9.97 Å². The summed E-state index contributed by atoms with van der Waals surface area (Å²) in [5.74, 6) is 2.63. The molecule has 2 aromatic heterocycles. The van der Waals surface area contributed by atoms with Gasteiger partial charge in [0.25, 0.3) is 0 Å². The Hall–Kier alpha value is -2.93. The molecule has 2 N–H and O–H groups in total. The molecule has 2 aliphatic rings. The molecule has 6 nitrogen and oxygen atoms in total. The third-order valence-electron chi connectivity index (χ3n) is 5.89. The summed E-state index contributed by atoms with van der Waals surface area (Å²) in [5, 5.41) is 6.90. The van der Waals surface area contributed by atoms with Crippen molar-refractivity contribution >= 4 is 34.6 Å². The van der Waals surface area contributed by atoms with Gasteiger partial charge in [-0.05, 0) is 54.5 Å². The molecule has 160 valence electrons. The van der Waals surface area contributed by atoms with E-state index in [1.165, 1.54) is 22.3 Å². The van der Waals surface area contributed by atoms with Crippen molar-refractivity contribution in [1.82, 2.24) is 9.97 Å². The number of anilines is 4. The molecule has 7 heteroatoms. The summed E-state index contributed by atoms with van der Waals surface area (Å²) in [4.78, 5) is 11.6. The van der Waals surface area contributed by atoms with Crippen LogP contribution in [-0.4, -0.2) is 35.9 Å². The van der Waals surface area contributed by atoms with E-state index in [-0.39, 0.29) is 0 Å². The average molecular weight is 434 g/mol. The van der Waals surface area contributed by atoms with E-state index in [4.69, 9.17) is 4.74 Å². The van der Waals surface area contributed by atoms with E-state index >= 15 is 0 Å². The molecule has 0 spiro atoms. The highest BCUT2D eigenvalue weighted by molar-refractivity contribution is 7.97. The number of pyridine rings is 2. The van der Waals surface area contributed by atoms with Crippen molar-refractivity contribution in [2.24, 2.45) is 0 Å². The van der Waals surface area contributed by atoms with Gasteiger partial charge in [-0.15, -0.1) is 0 Å². The first-order chi connectivity index (χ1) is 15.2. The van der Waals surface area contributed by atoms with Gasteiger partial charge in [0, 0.05) is 42.8 Å². The Morgan fingerprint density at radius 2 is 2.03 bits per heavy atom. The summed E-state index contributed by atoms with van der Waals surface area (Å²) in [6.45, 7) is 5.44. The molecule has 0 saturated heterocycles. The molecule has 0 atom stereocenters. The second kappa shape index (κ2) is 8.67. The van der Waals surface area contributed by atoms with Crippen LogP contribution in [0.1, 0.15) is 22.3 Å². The van der Waals surface area contributed by atoms with Crippen molar-refractivity contribution in [3.8, 4) is 5.88 Å². The number of nitrogens with one attached hydrogen (secondary N) is 2. The van der Waals surface area contributed by atoms with E-state index in [0.29, 0.717) is 12.5 Å². The molecule has 0 radical (unpaired) electrons. The molecule has 0 fully saturated rings. The first kappa shape index (κ1) is 20.0. The average Bonchev–Trinajstić information content (AvgIpc) is 2.80. The molecule has 0 amide bonds. The molecule has 0 unspecified atom stereocenters. The number of hydrogen-bond donors (Lipinski definition) is 2. The fourth-order valence-electron chi connectivity index (χ4n) is 4.24. The molecule has 31 heavy (non-hydrogen) atoms. The lowest BCUT2D eigenvalue weighted by Crippen LogP contribution is -2.32. The first-order valence-corrected chi connectivity index (χ1v) is 12.0. The largest absolute Gasteiger partial charge is 0.474 e. The summed E-state index contributed by atoms with van der Waals surface area (Å²) >= 11 is 1.83. The van der Waals surface area contributed by atoms with Gasteiger partial charge < -0.3 is 20.3 Å². The van der Waals surface area contributed by atoms with Gasteiger partial charge in [0.1, 0.15) is 18.1 Å².